The monoisotopic (exact) mass is 479 g/mol. The molecule has 0 fully saturated rings. The molecule has 0 spiro atoms. The van der Waals surface area contributed by atoms with Crippen LogP contribution >= 0.6 is 24.0 Å². The Balaban J connectivity index is 0.00000210. The van der Waals surface area contributed by atoms with E-state index in [1.807, 2.05) is 54.0 Å². The molecule has 3 aromatic rings. The minimum absolute atomic E-state index is 0. The highest BCUT2D eigenvalue weighted by molar-refractivity contribution is 14.0. The number of guanidine groups is 1. The number of nitrogens with one attached hydrogen (secondary N) is 1. The van der Waals surface area contributed by atoms with Gasteiger partial charge in [0.25, 0.3) is 0 Å². The van der Waals surface area contributed by atoms with Crippen LogP contribution < -0.4 is 20.5 Å². The SMILES string of the molecule is Cc1ccn2cc(CN=C(N)Nc3ccc4c(c3)OCCCO4)nc2c1.I. The van der Waals surface area contributed by atoms with Gasteiger partial charge in [-0.3, -0.25) is 0 Å². The van der Waals surface area contributed by atoms with Gasteiger partial charge in [-0.25, -0.2) is 9.98 Å². The molecular weight excluding hydrogens is 457 g/mol. The molecule has 4 rings (SSSR count). The van der Waals surface area contributed by atoms with E-state index < -0.39 is 0 Å². The van der Waals surface area contributed by atoms with Crippen molar-refractivity contribution < 1.29 is 9.47 Å². The van der Waals surface area contributed by atoms with Crippen LogP contribution in [-0.4, -0.2) is 28.6 Å². The van der Waals surface area contributed by atoms with E-state index in [9.17, 15) is 0 Å². The summed E-state index contributed by atoms with van der Waals surface area (Å²) in [6.07, 6.45) is 4.82. The number of imidazole rings is 1. The number of nitrogens with zero attached hydrogens (tertiary/aromatic N) is 3. The van der Waals surface area contributed by atoms with Crippen LogP contribution in [0.15, 0.2) is 47.7 Å². The summed E-state index contributed by atoms with van der Waals surface area (Å²) in [5, 5.41) is 3.08. The van der Waals surface area contributed by atoms with E-state index in [1.165, 1.54) is 5.56 Å². The van der Waals surface area contributed by atoms with E-state index in [0.717, 1.165) is 34.9 Å². The highest BCUT2D eigenvalue weighted by atomic mass is 127. The molecule has 0 bridgehead atoms. The maximum atomic E-state index is 6.01. The highest BCUT2D eigenvalue weighted by Gasteiger charge is 2.11. The third kappa shape index (κ3) is 4.62. The number of benzene rings is 1. The standard InChI is InChI=1S/C19H21N5O2.HI/c1-13-5-6-24-12-15(22-18(24)9-13)11-21-19(20)23-14-3-4-16-17(10-14)26-8-2-7-25-16;/h3-6,9-10,12H,2,7-8,11H2,1H3,(H3,20,21,23);1H. The van der Waals surface area contributed by atoms with Crippen molar-refractivity contribution in [3.8, 4) is 11.5 Å². The van der Waals surface area contributed by atoms with Crippen LogP contribution in [0.3, 0.4) is 0 Å². The van der Waals surface area contributed by atoms with Gasteiger partial charge in [-0.1, -0.05) is 0 Å². The number of aryl methyl sites for hydroxylation is 1. The Bertz CT molecular complexity index is 970. The van der Waals surface area contributed by atoms with Gasteiger partial charge in [0.2, 0.25) is 0 Å². The molecule has 0 saturated heterocycles. The summed E-state index contributed by atoms with van der Waals surface area (Å²) in [7, 11) is 0. The van der Waals surface area contributed by atoms with Crippen LogP contribution in [0.5, 0.6) is 11.5 Å². The highest BCUT2D eigenvalue weighted by Crippen LogP contribution is 2.32. The molecule has 0 unspecified atom stereocenters. The second-order valence-electron chi connectivity index (χ2n) is 6.24. The number of hydrogen-bond acceptors (Lipinski definition) is 4. The van der Waals surface area contributed by atoms with Gasteiger partial charge < -0.3 is 24.9 Å². The minimum atomic E-state index is 0. The Kier molecular flexibility index (Phi) is 6.04. The molecule has 0 radical (unpaired) electrons. The summed E-state index contributed by atoms with van der Waals surface area (Å²) in [6.45, 7) is 3.77. The van der Waals surface area contributed by atoms with Crippen molar-refractivity contribution in [2.45, 2.75) is 19.9 Å². The Morgan fingerprint density at radius 2 is 2.04 bits per heavy atom. The normalized spacial score (nSPS) is 13.7. The zero-order valence-corrected chi connectivity index (χ0v) is 17.3. The Morgan fingerprint density at radius 3 is 2.89 bits per heavy atom. The fourth-order valence-electron chi connectivity index (χ4n) is 2.81. The lowest BCUT2D eigenvalue weighted by molar-refractivity contribution is 0.297. The maximum Gasteiger partial charge on any atom is 0.193 e. The van der Waals surface area contributed by atoms with Gasteiger partial charge in [0, 0.05) is 30.6 Å². The average molecular weight is 479 g/mol. The topological polar surface area (TPSA) is 86.2 Å². The molecule has 2 aromatic heterocycles. The predicted molar refractivity (Wildman–Crippen MR) is 116 cm³/mol. The third-order valence-corrected chi connectivity index (χ3v) is 4.10. The van der Waals surface area contributed by atoms with Crippen molar-refractivity contribution in [3.05, 3.63) is 54.0 Å². The van der Waals surface area contributed by atoms with Gasteiger partial charge in [0.05, 0.1) is 25.5 Å². The Labute approximate surface area is 174 Å². The molecule has 0 atom stereocenters. The smallest absolute Gasteiger partial charge is 0.193 e. The van der Waals surface area contributed by atoms with Gasteiger partial charge in [-0.2, -0.15) is 0 Å². The minimum Gasteiger partial charge on any atom is -0.490 e. The number of ether oxygens (including phenoxy) is 2. The van der Waals surface area contributed by atoms with Gasteiger partial charge in [0.1, 0.15) is 5.65 Å². The number of pyridine rings is 1. The molecule has 0 amide bonds. The summed E-state index contributed by atoms with van der Waals surface area (Å²) in [5.41, 5.74) is 9.76. The predicted octanol–water partition coefficient (Wildman–Crippen LogP) is 3.35. The molecule has 1 aliphatic heterocycles. The quantitative estimate of drug-likeness (QED) is 0.342. The molecule has 0 aliphatic carbocycles. The van der Waals surface area contributed by atoms with E-state index in [4.69, 9.17) is 15.2 Å². The van der Waals surface area contributed by atoms with Gasteiger partial charge in [-0.15, -0.1) is 24.0 Å². The number of aliphatic imine (C=N–C) groups is 1. The first-order valence-corrected chi connectivity index (χ1v) is 8.58. The Morgan fingerprint density at radius 1 is 1.22 bits per heavy atom. The first-order valence-electron chi connectivity index (χ1n) is 8.58. The lowest BCUT2D eigenvalue weighted by Crippen LogP contribution is -2.22. The van der Waals surface area contributed by atoms with Crippen molar-refractivity contribution >= 4 is 41.3 Å². The Hall–Kier alpha value is -2.49. The summed E-state index contributed by atoms with van der Waals surface area (Å²) >= 11 is 0. The van der Waals surface area contributed by atoms with Crippen LogP contribution in [0.4, 0.5) is 5.69 Å². The summed E-state index contributed by atoms with van der Waals surface area (Å²) in [6, 6.07) is 9.72. The molecule has 142 valence electrons. The number of anilines is 1. The van der Waals surface area contributed by atoms with Crippen molar-refractivity contribution in [2.24, 2.45) is 10.7 Å². The first-order chi connectivity index (χ1) is 12.7. The molecular formula is C19H22IN5O2. The number of nitrogens with two attached hydrogens (primary N) is 1. The van der Waals surface area contributed by atoms with Crippen molar-refractivity contribution in [2.75, 3.05) is 18.5 Å². The van der Waals surface area contributed by atoms with Crippen LogP contribution in [-0.2, 0) is 6.54 Å². The summed E-state index contributed by atoms with van der Waals surface area (Å²) in [5.74, 6) is 1.80. The van der Waals surface area contributed by atoms with Crippen LogP contribution in [0.1, 0.15) is 17.7 Å². The molecule has 1 aromatic carbocycles. The van der Waals surface area contributed by atoms with Crippen molar-refractivity contribution in [1.29, 1.82) is 0 Å². The average Bonchev–Trinajstić information content (AvgIpc) is 2.88. The summed E-state index contributed by atoms with van der Waals surface area (Å²) < 4.78 is 13.3. The molecule has 27 heavy (non-hydrogen) atoms. The van der Waals surface area contributed by atoms with Crippen LogP contribution in [0, 0.1) is 6.92 Å². The number of halogens is 1. The molecule has 8 heteroatoms. The van der Waals surface area contributed by atoms with Gasteiger partial charge in [0.15, 0.2) is 17.5 Å². The lowest BCUT2D eigenvalue weighted by Gasteiger charge is -2.10. The zero-order valence-electron chi connectivity index (χ0n) is 15.0. The van der Waals surface area contributed by atoms with Crippen LogP contribution in [0.2, 0.25) is 0 Å². The number of aromatic nitrogens is 2. The molecule has 7 nitrogen and oxygen atoms in total. The number of hydrogen-bond donors (Lipinski definition) is 2. The number of fused-ring (bicyclic) bond motifs is 2. The van der Waals surface area contributed by atoms with Crippen LogP contribution in [0.25, 0.3) is 5.65 Å². The summed E-state index contributed by atoms with van der Waals surface area (Å²) in [4.78, 5) is 8.93. The second-order valence-corrected chi connectivity index (χ2v) is 6.24. The molecule has 1 aliphatic rings. The maximum absolute atomic E-state index is 6.01. The first kappa shape index (κ1) is 19.3. The number of rotatable bonds is 3. The van der Waals surface area contributed by atoms with Gasteiger partial charge in [-0.05, 0) is 36.8 Å². The fraction of sp³-hybridized carbons (Fsp3) is 0.263. The van der Waals surface area contributed by atoms with E-state index >= 15 is 0 Å². The second kappa shape index (κ2) is 8.47. The zero-order chi connectivity index (χ0) is 17.9. The van der Waals surface area contributed by atoms with Crippen molar-refractivity contribution in [3.63, 3.8) is 0 Å². The largest absolute Gasteiger partial charge is 0.490 e. The molecule has 3 N–H and O–H groups in total. The third-order valence-electron chi connectivity index (χ3n) is 4.10. The van der Waals surface area contributed by atoms with E-state index in [-0.39, 0.29) is 24.0 Å². The van der Waals surface area contributed by atoms with Crippen molar-refractivity contribution in [1.82, 2.24) is 9.38 Å². The van der Waals surface area contributed by atoms with E-state index in [0.29, 0.717) is 25.7 Å². The van der Waals surface area contributed by atoms with E-state index in [1.54, 1.807) is 0 Å². The van der Waals surface area contributed by atoms with E-state index in [2.05, 4.69) is 15.3 Å². The lowest BCUT2D eigenvalue weighted by atomic mass is 10.3. The fourth-order valence-corrected chi connectivity index (χ4v) is 2.81. The van der Waals surface area contributed by atoms with Gasteiger partial charge >= 0.3 is 0 Å². The molecule has 3 heterocycles. The molecule has 0 saturated carbocycles.